The summed E-state index contributed by atoms with van der Waals surface area (Å²) >= 11 is 0. The number of halogens is 2. The van der Waals surface area contributed by atoms with Gasteiger partial charge >= 0.3 is 0 Å². The Hall–Kier alpha value is -1.19. The van der Waals surface area contributed by atoms with Crippen molar-refractivity contribution in [2.45, 2.75) is 13.3 Å². The summed E-state index contributed by atoms with van der Waals surface area (Å²) < 4.78 is 23.5. The van der Waals surface area contributed by atoms with Gasteiger partial charge in [-0.15, -0.1) is 0 Å². The van der Waals surface area contributed by atoms with E-state index in [9.17, 15) is 8.78 Å². The van der Waals surface area contributed by atoms with Crippen molar-refractivity contribution < 1.29 is 8.78 Å². The van der Waals surface area contributed by atoms with Crippen molar-refractivity contribution >= 4 is 5.82 Å². The Morgan fingerprint density at radius 1 is 1.58 bits per heavy atom. The first-order chi connectivity index (χ1) is 5.70. The van der Waals surface area contributed by atoms with Gasteiger partial charge in [-0.3, -0.25) is 0 Å². The largest absolute Gasteiger partial charge is 0.364 e. The van der Waals surface area contributed by atoms with E-state index in [1.165, 1.54) is 0 Å². The molecular weight excluding hydrogens is 162 g/mol. The molecule has 0 spiro atoms. The number of anilines is 1. The van der Waals surface area contributed by atoms with Crippen LogP contribution in [-0.4, -0.2) is 18.0 Å². The number of aromatic nitrogens is 1. The van der Waals surface area contributed by atoms with E-state index in [1.54, 1.807) is 12.3 Å². The van der Waals surface area contributed by atoms with Crippen LogP contribution in [0.3, 0.4) is 0 Å². The molecule has 0 aliphatic heterocycles. The zero-order valence-electron chi connectivity index (χ0n) is 6.72. The molecule has 1 heterocycles. The van der Waals surface area contributed by atoms with Crippen LogP contribution >= 0.6 is 0 Å². The van der Waals surface area contributed by atoms with Crippen molar-refractivity contribution in [2.75, 3.05) is 11.9 Å². The van der Waals surface area contributed by atoms with Crippen LogP contribution in [0.25, 0.3) is 0 Å². The van der Waals surface area contributed by atoms with E-state index in [0.29, 0.717) is 5.82 Å². The van der Waals surface area contributed by atoms with Gasteiger partial charge in [-0.25, -0.2) is 13.8 Å². The van der Waals surface area contributed by atoms with Crippen LogP contribution in [0.2, 0.25) is 0 Å². The second-order valence-corrected chi connectivity index (χ2v) is 2.44. The van der Waals surface area contributed by atoms with Crippen molar-refractivity contribution in [3.8, 4) is 0 Å². The van der Waals surface area contributed by atoms with Crippen molar-refractivity contribution in [2.24, 2.45) is 0 Å². The molecule has 0 saturated heterocycles. The summed E-state index contributed by atoms with van der Waals surface area (Å²) in [5, 5.41) is 2.55. The minimum atomic E-state index is -2.34. The maximum Gasteiger partial charge on any atom is 0.255 e. The first-order valence-electron chi connectivity index (χ1n) is 3.64. The summed E-state index contributed by atoms with van der Waals surface area (Å²) in [4.78, 5) is 3.91. The molecule has 0 aromatic carbocycles. The van der Waals surface area contributed by atoms with Gasteiger partial charge in [0.2, 0.25) is 0 Å². The van der Waals surface area contributed by atoms with Crippen LogP contribution in [0.1, 0.15) is 5.56 Å². The van der Waals surface area contributed by atoms with Gasteiger partial charge in [-0.05, 0) is 18.6 Å². The van der Waals surface area contributed by atoms with E-state index in [1.807, 2.05) is 13.0 Å². The Morgan fingerprint density at radius 3 is 2.92 bits per heavy atom. The molecule has 0 amide bonds. The number of pyridine rings is 1. The van der Waals surface area contributed by atoms with Crippen LogP contribution in [0.15, 0.2) is 18.3 Å². The molecular formula is C8H10F2N2. The standard InChI is InChI=1S/C8H10F2N2/c1-6-3-2-4-11-8(6)12-5-7(9)10/h2-4,7H,5H2,1H3,(H,11,12). The highest BCUT2D eigenvalue weighted by Crippen LogP contribution is 2.09. The molecule has 1 rings (SSSR count). The number of nitrogens with zero attached hydrogens (tertiary/aromatic N) is 1. The first kappa shape index (κ1) is 8.90. The normalized spacial score (nSPS) is 10.3. The lowest BCUT2D eigenvalue weighted by Gasteiger charge is -2.06. The molecule has 0 fully saturated rings. The molecule has 1 N–H and O–H groups in total. The van der Waals surface area contributed by atoms with Gasteiger partial charge in [0.25, 0.3) is 6.43 Å². The molecule has 0 saturated carbocycles. The summed E-state index contributed by atoms with van der Waals surface area (Å²) in [6, 6.07) is 3.59. The molecule has 1 aromatic heterocycles. The van der Waals surface area contributed by atoms with E-state index in [2.05, 4.69) is 10.3 Å². The van der Waals surface area contributed by atoms with Crippen molar-refractivity contribution in [1.29, 1.82) is 0 Å². The lowest BCUT2D eigenvalue weighted by molar-refractivity contribution is 0.163. The topological polar surface area (TPSA) is 24.9 Å². The molecule has 2 nitrogen and oxygen atoms in total. The Kier molecular flexibility index (Phi) is 2.96. The molecule has 0 aliphatic rings. The predicted octanol–water partition coefficient (Wildman–Crippen LogP) is 2.07. The van der Waals surface area contributed by atoms with Crippen molar-refractivity contribution in [1.82, 2.24) is 4.98 Å². The van der Waals surface area contributed by atoms with Crippen LogP contribution in [0, 0.1) is 6.92 Å². The average molecular weight is 172 g/mol. The highest BCUT2D eigenvalue weighted by molar-refractivity contribution is 5.42. The number of hydrogen-bond acceptors (Lipinski definition) is 2. The molecule has 0 unspecified atom stereocenters. The van der Waals surface area contributed by atoms with E-state index < -0.39 is 6.43 Å². The molecule has 4 heteroatoms. The summed E-state index contributed by atoms with van der Waals surface area (Å²) in [5.41, 5.74) is 0.873. The average Bonchev–Trinajstić information content (AvgIpc) is 2.03. The second kappa shape index (κ2) is 3.99. The third-order valence-electron chi connectivity index (χ3n) is 1.43. The zero-order valence-corrected chi connectivity index (χ0v) is 6.72. The second-order valence-electron chi connectivity index (χ2n) is 2.44. The predicted molar refractivity (Wildman–Crippen MR) is 43.5 cm³/mol. The summed E-state index contributed by atoms with van der Waals surface area (Å²) in [6.07, 6.45) is -0.771. The molecule has 0 aliphatic carbocycles. The Labute approximate surface area is 69.6 Å². The number of alkyl halides is 2. The third-order valence-corrected chi connectivity index (χ3v) is 1.43. The summed E-state index contributed by atoms with van der Waals surface area (Å²) in [6.45, 7) is 1.47. The van der Waals surface area contributed by atoms with Gasteiger partial charge in [-0.1, -0.05) is 6.07 Å². The van der Waals surface area contributed by atoms with E-state index in [0.717, 1.165) is 5.56 Å². The van der Waals surface area contributed by atoms with Crippen LogP contribution in [-0.2, 0) is 0 Å². The van der Waals surface area contributed by atoms with Crippen LogP contribution < -0.4 is 5.32 Å². The van der Waals surface area contributed by atoms with Crippen LogP contribution in [0.5, 0.6) is 0 Å². The number of nitrogens with one attached hydrogen (secondary N) is 1. The fourth-order valence-electron chi connectivity index (χ4n) is 0.845. The SMILES string of the molecule is Cc1cccnc1NCC(F)F. The smallest absolute Gasteiger partial charge is 0.255 e. The lowest BCUT2D eigenvalue weighted by Crippen LogP contribution is -2.11. The van der Waals surface area contributed by atoms with Gasteiger partial charge in [0.15, 0.2) is 0 Å². The highest BCUT2D eigenvalue weighted by Gasteiger charge is 2.03. The first-order valence-corrected chi connectivity index (χ1v) is 3.64. The molecule has 1 aromatic rings. The number of hydrogen-bond donors (Lipinski definition) is 1. The minimum Gasteiger partial charge on any atom is -0.364 e. The van der Waals surface area contributed by atoms with Crippen molar-refractivity contribution in [3.63, 3.8) is 0 Å². The van der Waals surface area contributed by atoms with Gasteiger partial charge in [0.05, 0.1) is 6.54 Å². The Morgan fingerprint density at radius 2 is 2.33 bits per heavy atom. The quantitative estimate of drug-likeness (QED) is 0.754. The fraction of sp³-hybridized carbons (Fsp3) is 0.375. The molecule has 66 valence electrons. The van der Waals surface area contributed by atoms with Crippen LogP contribution in [0.4, 0.5) is 14.6 Å². The third kappa shape index (κ3) is 2.45. The number of rotatable bonds is 3. The maximum absolute atomic E-state index is 11.8. The van der Waals surface area contributed by atoms with Gasteiger partial charge in [-0.2, -0.15) is 0 Å². The van der Waals surface area contributed by atoms with E-state index >= 15 is 0 Å². The van der Waals surface area contributed by atoms with Crippen molar-refractivity contribution in [3.05, 3.63) is 23.9 Å². The lowest BCUT2D eigenvalue weighted by atomic mass is 10.3. The maximum atomic E-state index is 11.8. The fourth-order valence-corrected chi connectivity index (χ4v) is 0.845. The molecule has 0 bridgehead atoms. The Balaban J connectivity index is 2.57. The minimum absolute atomic E-state index is 0.349. The summed E-state index contributed by atoms with van der Waals surface area (Å²) in [5.74, 6) is 0.526. The van der Waals surface area contributed by atoms with E-state index in [4.69, 9.17) is 0 Å². The Bertz CT molecular complexity index is 251. The molecule has 12 heavy (non-hydrogen) atoms. The molecule has 0 atom stereocenters. The highest BCUT2D eigenvalue weighted by atomic mass is 19.3. The van der Waals surface area contributed by atoms with E-state index in [-0.39, 0.29) is 6.54 Å². The van der Waals surface area contributed by atoms with Gasteiger partial charge < -0.3 is 5.32 Å². The zero-order chi connectivity index (χ0) is 8.97. The monoisotopic (exact) mass is 172 g/mol. The summed E-state index contributed by atoms with van der Waals surface area (Å²) in [7, 11) is 0. The molecule has 0 radical (unpaired) electrons. The van der Waals surface area contributed by atoms with Gasteiger partial charge in [0.1, 0.15) is 5.82 Å². The number of aryl methyl sites for hydroxylation is 1. The van der Waals surface area contributed by atoms with Gasteiger partial charge in [0, 0.05) is 6.20 Å².